The number of carbonyl (C=O) groups is 1. The van der Waals surface area contributed by atoms with E-state index in [2.05, 4.69) is 10.1 Å². The molecule has 0 saturated carbocycles. The summed E-state index contributed by atoms with van der Waals surface area (Å²) in [6.45, 7) is 5.71. The minimum Gasteiger partial charge on any atom is -0.479 e. The molecule has 1 N–H and O–H groups in total. The van der Waals surface area contributed by atoms with Crippen LogP contribution in [0.15, 0.2) is 18.2 Å². The van der Waals surface area contributed by atoms with Crippen molar-refractivity contribution in [3.63, 3.8) is 0 Å². The molecule has 0 aliphatic heterocycles. The summed E-state index contributed by atoms with van der Waals surface area (Å²) in [5, 5.41) is 3.16. The fraction of sp³-hybridized carbons (Fsp3) is 0.500. The molecule has 100 valence electrons. The standard InChI is InChI=1S/C14H21NO3/c1-9-6-7-12(10(2)15-4)13(8-9)18-11(3)14(16)17-5/h6-8,10-11,15H,1-5H3. The van der Waals surface area contributed by atoms with Gasteiger partial charge in [0, 0.05) is 11.6 Å². The molecule has 0 bridgehead atoms. The van der Waals surface area contributed by atoms with E-state index in [1.165, 1.54) is 7.11 Å². The van der Waals surface area contributed by atoms with Gasteiger partial charge in [0.25, 0.3) is 0 Å². The molecule has 2 atom stereocenters. The van der Waals surface area contributed by atoms with E-state index in [-0.39, 0.29) is 12.0 Å². The Balaban J connectivity index is 2.98. The highest BCUT2D eigenvalue weighted by atomic mass is 16.6. The van der Waals surface area contributed by atoms with Gasteiger partial charge < -0.3 is 14.8 Å². The fourth-order valence-electron chi connectivity index (χ4n) is 1.66. The zero-order valence-electron chi connectivity index (χ0n) is 11.6. The van der Waals surface area contributed by atoms with Crippen molar-refractivity contribution in [2.24, 2.45) is 0 Å². The number of nitrogens with one attached hydrogen (secondary N) is 1. The van der Waals surface area contributed by atoms with Crippen molar-refractivity contribution < 1.29 is 14.3 Å². The maximum atomic E-state index is 11.4. The Labute approximate surface area is 108 Å². The lowest BCUT2D eigenvalue weighted by Gasteiger charge is -2.19. The number of rotatable bonds is 5. The number of aryl methyl sites for hydroxylation is 1. The second kappa shape index (κ2) is 6.40. The fourth-order valence-corrected chi connectivity index (χ4v) is 1.66. The number of hydrogen-bond donors (Lipinski definition) is 1. The quantitative estimate of drug-likeness (QED) is 0.815. The molecule has 4 nitrogen and oxygen atoms in total. The van der Waals surface area contributed by atoms with E-state index < -0.39 is 6.10 Å². The van der Waals surface area contributed by atoms with Gasteiger partial charge in [0.1, 0.15) is 5.75 Å². The monoisotopic (exact) mass is 251 g/mol. The van der Waals surface area contributed by atoms with Gasteiger partial charge in [0.15, 0.2) is 6.10 Å². The first kappa shape index (κ1) is 14.5. The predicted octanol–water partition coefficient (Wildman–Crippen LogP) is 2.22. The average Bonchev–Trinajstić information content (AvgIpc) is 2.37. The van der Waals surface area contributed by atoms with Crippen LogP contribution in [-0.4, -0.2) is 26.2 Å². The van der Waals surface area contributed by atoms with E-state index in [0.717, 1.165) is 16.9 Å². The maximum Gasteiger partial charge on any atom is 0.346 e. The number of carbonyl (C=O) groups excluding carboxylic acids is 1. The van der Waals surface area contributed by atoms with Gasteiger partial charge >= 0.3 is 5.97 Å². The Morgan fingerprint density at radius 2 is 2.00 bits per heavy atom. The molecule has 4 heteroatoms. The Hall–Kier alpha value is -1.55. The third kappa shape index (κ3) is 3.47. The van der Waals surface area contributed by atoms with Gasteiger partial charge in [-0.15, -0.1) is 0 Å². The molecule has 0 aromatic heterocycles. The number of methoxy groups -OCH3 is 1. The van der Waals surface area contributed by atoms with E-state index in [1.807, 2.05) is 39.1 Å². The van der Waals surface area contributed by atoms with Crippen molar-refractivity contribution in [1.82, 2.24) is 5.32 Å². The lowest BCUT2D eigenvalue weighted by molar-refractivity contribution is -0.147. The number of esters is 1. The molecule has 1 aromatic rings. The third-order valence-corrected chi connectivity index (χ3v) is 2.91. The van der Waals surface area contributed by atoms with Gasteiger partial charge in [-0.2, -0.15) is 0 Å². The highest BCUT2D eigenvalue weighted by molar-refractivity contribution is 5.74. The molecule has 0 aliphatic carbocycles. The number of benzene rings is 1. The first-order valence-electron chi connectivity index (χ1n) is 6.02. The van der Waals surface area contributed by atoms with E-state index in [1.54, 1.807) is 6.92 Å². The van der Waals surface area contributed by atoms with Gasteiger partial charge in [-0.3, -0.25) is 0 Å². The van der Waals surface area contributed by atoms with Gasteiger partial charge in [0.05, 0.1) is 7.11 Å². The lowest BCUT2D eigenvalue weighted by Crippen LogP contribution is -2.26. The molecular formula is C14H21NO3. The maximum absolute atomic E-state index is 11.4. The van der Waals surface area contributed by atoms with Crippen LogP contribution in [-0.2, 0) is 9.53 Å². The second-order valence-corrected chi connectivity index (χ2v) is 4.33. The summed E-state index contributed by atoms with van der Waals surface area (Å²) < 4.78 is 10.3. The number of hydrogen-bond acceptors (Lipinski definition) is 4. The highest BCUT2D eigenvalue weighted by Gasteiger charge is 2.18. The summed E-state index contributed by atoms with van der Waals surface area (Å²) in [6.07, 6.45) is -0.611. The van der Waals surface area contributed by atoms with Crippen LogP contribution in [0.5, 0.6) is 5.75 Å². The summed E-state index contributed by atoms with van der Waals surface area (Å²) in [5.74, 6) is 0.342. The van der Waals surface area contributed by atoms with Gasteiger partial charge in [-0.1, -0.05) is 12.1 Å². The third-order valence-electron chi connectivity index (χ3n) is 2.91. The summed E-state index contributed by atoms with van der Waals surface area (Å²) in [6, 6.07) is 6.13. The molecule has 0 spiro atoms. The molecule has 1 rings (SSSR count). The Morgan fingerprint density at radius 1 is 1.33 bits per heavy atom. The van der Waals surface area contributed by atoms with Crippen LogP contribution in [0, 0.1) is 6.92 Å². The summed E-state index contributed by atoms with van der Waals surface area (Å²) in [4.78, 5) is 11.4. The molecule has 2 unspecified atom stereocenters. The van der Waals surface area contributed by atoms with Crippen molar-refractivity contribution in [2.75, 3.05) is 14.2 Å². The summed E-state index contributed by atoms with van der Waals surface area (Å²) in [5.41, 5.74) is 2.12. The Kier molecular flexibility index (Phi) is 5.16. The Morgan fingerprint density at radius 3 is 2.56 bits per heavy atom. The summed E-state index contributed by atoms with van der Waals surface area (Å²) >= 11 is 0. The first-order valence-corrected chi connectivity index (χ1v) is 6.02. The molecular weight excluding hydrogens is 230 g/mol. The van der Waals surface area contributed by atoms with E-state index in [0.29, 0.717) is 0 Å². The smallest absolute Gasteiger partial charge is 0.346 e. The van der Waals surface area contributed by atoms with Crippen LogP contribution < -0.4 is 10.1 Å². The SMILES string of the molecule is CNC(C)c1ccc(C)cc1OC(C)C(=O)OC. The van der Waals surface area contributed by atoms with Crippen molar-refractivity contribution in [3.05, 3.63) is 29.3 Å². The van der Waals surface area contributed by atoms with Gasteiger partial charge in [-0.05, 0) is 39.4 Å². The topological polar surface area (TPSA) is 47.6 Å². The molecule has 0 fully saturated rings. The molecule has 0 aliphatic rings. The van der Waals surface area contributed by atoms with Gasteiger partial charge in [-0.25, -0.2) is 4.79 Å². The minimum absolute atomic E-state index is 0.158. The van der Waals surface area contributed by atoms with E-state index >= 15 is 0 Å². The lowest BCUT2D eigenvalue weighted by atomic mass is 10.1. The van der Waals surface area contributed by atoms with Gasteiger partial charge in [0.2, 0.25) is 0 Å². The van der Waals surface area contributed by atoms with Crippen molar-refractivity contribution in [2.45, 2.75) is 32.9 Å². The van der Waals surface area contributed by atoms with Crippen LogP contribution >= 0.6 is 0 Å². The van der Waals surface area contributed by atoms with Crippen molar-refractivity contribution in [3.8, 4) is 5.75 Å². The zero-order chi connectivity index (χ0) is 13.7. The largest absolute Gasteiger partial charge is 0.479 e. The summed E-state index contributed by atoms with van der Waals surface area (Å²) in [7, 11) is 3.24. The average molecular weight is 251 g/mol. The molecule has 0 radical (unpaired) electrons. The molecule has 0 amide bonds. The van der Waals surface area contributed by atoms with Crippen LogP contribution in [0.4, 0.5) is 0 Å². The predicted molar refractivity (Wildman–Crippen MR) is 70.8 cm³/mol. The first-order chi connectivity index (χ1) is 8.49. The van der Waals surface area contributed by atoms with Crippen LogP contribution in [0.1, 0.15) is 31.0 Å². The molecule has 1 aromatic carbocycles. The van der Waals surface area contributed by atoms with Crippen LogP contribution in [0.2, 0.25) is 0 Å². The molecule has 0 saturated heterocycles. The molecule has 0 heterocycles. The van der Waals surface area contributed by atoms with Crippen molar-refractivity contribution >= 4 is 5.97 Å². The zero-order valence-corrected chi connectivity index (χ0v) is 11.6. The second-order valence-electron chi connectivity index (χ2n) is 4.33. The number of ether oxygens (including phenoxy) is 2. The minimum atomic E-state index is -0.611. The van der Waals surface area contributed by atoms with Crippen LogP contribution in [0.25, 0.3) is 0 Å². The molecule has 18 heavy (non-hydrogen) atoms. The van der Waals surface area contributed by atoms with E-state index in [9.17, 15) is 4.79 Å². The van der Waals surface area contributed by atoms with Crippen LogP contribution in [0.3, 0.4) is 0 Å². The Bertz CT molecular complexity index is 418. The van der Waals surface area contributed by atoms with E-state index in [4.69, 9.17) is 4.74 Å². The normalized spacial score (nSPS) is 13.8. The van der Waals surface area contributed by atoms with Crippen molar-refractivity contribution in [1.29, 1.82) is 0 Å². The highest BCUT2D eigenvalue weighted by Crippen LogP contribution is 2.27.